The van der Waals surface area contributed by atoms with Crippen molar-refractivity contribution in [3.8, 4) is 0 Å². The number of fused-ring (bicyclic) bond motifs is 1. The molecule has 0 bridgehead atoms. The van der Waals surface area contributed by atoms with E-state index in [1.165, 1.54) is 94.2 Å². The van der Waals surface area contributed by atoms with Crippen molar-refractivity contribution >= 4 is 17.2 Å². The van der Waals surface area contributed by atoms with Gasteiger partial charge in [-0.25, -0.2) is 0 Å². The summed E-state index contributed by atoms with van der Waals surface area (Å²) >= 11 is 1.73. The highest BCUT2D eigenvalue weighted by molar-refractivity contribution is 7.14. The second-order valence-electron chi connectivity index (χ2n) is 8.10. The van der Waals surface area contributed by atoms with Crippen LogP contribution >= 0.6 is 11.3 Å². The molecule has 2 N–H and O–H groups in total. The van der Waals surface area contributed by atoms with Gasteiger partial charge < -0.3 is 10.2 Å². The first-order valence-electron chi connectivity index (χ1n) is 10.0. The topological polar surface area (TPSA) is 33.5 Å². The molecule has 1 aromatic rings. The summed E-state index contributed by atoms with van der Waals surface area (Å²) in [5.74, 6) is 0.177. The number of amides is 1. The number of hydrogen-bond acceptors (Lipinski definition) is 2. The summed E-state index contributed by atoms with van der Waals surface area (Å²) < 4.78 is 0. The third kappa shape index (κ3) is 3.28. The Hall–Kier alpha value is -0.870. The average Bonchev–Trinajstić information content (AvgIpc) is 3.23. The molecular weight excluding hydrogens is 316 g/mol. The van der Waals surface area contributed by atoms with Crippen LogP contribution in [-0.4, -0.2) is 31.1 Å². The largest absolute Gasteiger partial charge is 0.345 e. The summed E-state index contributed by atoms with van der Waals surface area (Å²) in [5.41, 5.74) is 1.74. The normalized spacial score (nSPS) is 23.8. The molecular formula is C20H31N2OS+. The van der Waals surface area contributed by atoms with Crippen LogP contribution in [0.15, 0.2) is 6.07 Å². The summed E-state index contributed by atoms with van der Waals surface area (Å²) in [5, 5.41) is 3.35. The molecule has 4 heteroatoms. The van der Waals surface area contributed by atoms with E-state index in [4.69, 9.17) is 0 Å². The van der Waals surface area contributed by atoms with Crippen molar-refractivity contribution in [2.75, 3.05) is 19.6 Å². The Morgan fingerprint density at radius 1 is 1.04 bits per heavy atom. The van der Waals surface area contributed by atoms with Gasteiger partial charge in [0.25, 0.3) is 5.91 Å². The van der Waals surface area contributed by atoms with Crippen molar-refractivity contribution in [1.29, 1.82) is 0 Å². The summed E-state index contributed by atoms with van der Waals surface area (Å²) in [4.78, 5) is 16.9. The third-order valence-electron chi connectivity index (χ3n) is 6.58. The Bertz CT molecular complexity index is 561. The molecule has 132 valence electrons. The highest BCUT2D eigenvalue weighted by Crippen LogP contribution is 2.31. The Balaban J connectivity index is 1.43. The van der Waals surface area contributed by atoms with Crippen molar-refractivity contribution in [3.63, 3.8) is 0 Å². The van der Waals surface area contributed by atoms with E-state index in [-0.39, 0.29) is 5.91 Å². The van der Waals surface area contributed by atoms with Gasteiger partial charge >= 0.3 is 0 Å². The van der Waals surface area contributed by atoms with E-state index in [9.17, 15) is 4.79 Å². The van der Waals surface area contributed by atoms with Crippen LogP contribution in [0.25, 0.3) is 0 Å². The maximum atomic E-state index is 12.7. The maximum Gasteiger partial charge on any atom is 0.261 e. The number of carbonyl (C=O) groups is 1. The smallest absolute Gasteiger partial charge is 0.261 e. The van der Waals surface area contributed by atoms with Gasteiger partial charge in [0.2, 0.25) is 0 Å². The Kier molecular flexibility index (Phi) is 4.95. The predicted octanol–water partition coefficient (Wildman–Crippen LogP) is 2.74. The van der Waals surface area contributed by atoms with Gasteiger partial charge in [-0.3, -0.25) is 4.79 Å². The molecule has 1 aromatic heterocycles. The zero-order valence-electron chi connectivity index (χ0n) is 14.8. The van der Waals surface area contributed by atoms with Crippen LogP contribution in [0.2, 0.25) is 0 Å². The molecule has 1 saturated carbocycles. The van der Waals surface area contributed by atoms with Gasteiger partial charge in [-0.15, -0.1) is 11.3 Å². The van der Waals surface area contributed by atoms with Crippen molar-refractivity contribution < 1.29 is 9.69 Å². The molecule has 2 fully saturated rings. The number of aryl methyl sites for hydroxylation is 2. The molecule has 1 aliphatic heterocycles. The number of nitrogens with one attached hydrogen (secondary N) is 2. The summed E-state index contributed by atoms with van der Waals surface area (Å²) in [7, 11) is 0. The fourth-order valence-corrected chi connectivity index (χ4v) is 6.34. The van der Waals surface area contributed by atoms with Crippen LogP contribution in [-0.2, 0) is 12.8 Å². The van der Waals surface area contributed by atoms with Crippen LogP contribution in [0.5, 0.6) is 0 Å². The van der Waals surface area contributed by atoms with Gasteiger partial charge in [0.15, 0.2) is 0 Å². The fourth-order valence-electron chi connectivity index (χ4n) is 5.17. The molecule has 0 spiro atoms. The summed E-state index contributed by atoms with van der Waals surface area (Å²) in [6.07, 6.45) is 14.4. The van der Waals surface area contributed by atoms with Crippen LogP contribution in [0.1, 0.15) is 77.9 Å². The first-order chi connectivity index (χ1) is 11.8. The van der Waals surface area contributed by atoms with E-state index in [1.807, 2.05) is 0 Å². The van der Waals surface area contributed by atoms with E-state index in [2.05, 4.69) is 11.4 Å². The lowest BCUT2D eigenvalue weighted by Gasteiger charge is -2.45. The minimum atomic E-state index is 0.177. The molecule has 1 amide bonds. The monoisotopic (exact) mass is 347 g/mol. The number of hydrogen-bond donors (Lipinski definition) is 2. The zero-order chi connectivity index (χ0) is 16.4. The SMILES string of the molecule is O=C(NCC1([NH+]2CCCCC2)CCCCC1)c1cc2c(s1)CCC2. The van der Waals surface area contributed by atoms with E-state index < -0.39 is 0 Å². The molecule has 0 unspecified atom stereocenters. The molecule has 0 atom stereocenters. The van der Waals surface area contributed by atoms with Crippen LogP contribution < -0.4 is 10.2 Å². The Morgan fingerprint density at radius 2 is 1.79 bits per heavy atom. The molecule has 1 saturated heterocycles. The lowest BCUT2D eigenvalue weighted by Crippen LogP contribution is -3.22. The molecule has 2 aliphatic carbocycles. The molecule has 0 radical (unpaired) electrons. The first-order valence-corrected chi connectivity index (χ1v) is 10.8. The van der Waals surface area contributed by atoms with Crippen LogP contribution in [0, 0.1) is 0 Å². The highest BCUT2D eigenvalue weighted by atomic mass is 32.1. The summed E-state index contributed by atoms with van der Waals surface area (Å²) in [6, 6.07) is 2.16. The first kappa shape index (κ1) is 16.6. The van der Waals surface area contributed by atoms with Gasteiger partial charge in [-0.2, -0.15) is 0 Å². The fraction of sp³-hybridized carbons (Fsp3) is 0.750. The van der Waals surface area contributed by atoms with Crippen molar-refractivity contribution in [2.24, 2.45) is 0 Å². The number of piperidine rings is 1. The van der Waals surface area contributed by atoms with Crippen molar-refractivity contribution in [1.82, 2.24) is 5.32 Å². The minimum absolute atomic E-state index is 0.177. The van der Waals surface area contributed by atoms with Gasteiger partial charge in [0.05, 0.1) is 24.5 Å². The van der Waals surface area contributed by atoms with E-state index in [1.54, 1.807) is 16.2 Å². The van der Waals surface area contributed by atoms with Gasteiger partial charge in [-0.1, -0.05) is 6.42 Å². The molecule has 4 rings (SSSR count). The number of likely N-dealkylation sites (tertiary alicyclic amines) is 1. The quantitative estimate of drug-likeness (QED) is 0.863. The van der Waals surface area contributed by atoms with E-state index in [0.717, 1.165) is 11.4 Å². The van der Waals surface area contributed by atoms with Gasteiger partial charge in [-0.05, 0) is 63.0 Å². The number of quaternary nitrogens is 1. The molecule has 24 heavy (non-hydrogen) atoms. The van der Waals surface area contributed by atoms with Gasteiger partial charge in [0, 0.05) is 17.7 Å². The van der Waals surface area contributed by atoms with Crippen molar-refractivity contribution in [2.45, 2.75) is 76.2 Å². The third-order valence-corrected chi connectivity index (χ3v) is 7.81. The van der Waals surface area contributed by atoms with Gasteiger partial charge in [0.1, 0.15) is 5.54 Å². The number of thiophene rings is 1. The van der Waals surface area contributed by atoms with Crippen molar-refractivity contribution in [3.05, 3.63) is 21.4 Å². The Labute approximate surface area is 149 Å². The predicted molar refractivity (Wildman–Crippen MR) is 99.0 cm³/mol. The average molecular weight is 348 g/mol. The van der Waals surface area contributed by atoms with E-state index >= 15 is 0 Å². The molecule has 3 nitrogen and oxygen atoms in total. The lowest BCUT2D eigenvalue weighted by atomic mass is 9.79. The lowest BCUT2D eigenvalue weighted by molar-refractivity contribution is -0.957. The minimum Gasteiger partial charge on any atom is -0.345 e. The molecule has 3 aliphatic rings. The Morgan fingerprint density at radius 3 is 2.54 bits per heavy atom. The molecule has 2 heterocycles. The number of rotatable bonds is 4. The standard InChI is InChI=1S/C20H30N2OS/c23-19(18-14-16-8-7-9-17(16)24-18)21-15-20(10-3-1-4-11-20)22-12-5-2-6-13-22/h14H,1-13,15H2,(H,21,23)/p+1. The van der Waals surface area contributed by atoms with E-state index in [0.29, 0.717) is 5.54 Å². The molecule has 0 aromatic carbocycles. The van der Waals surface area contributed by atoms with Crippen LogP contribution in [0.4, 0.5) is 0 Å². The zero-order valence-corrected chi connectivity index (χ0v) is 15.6. The second kappa shape index (κ2) is 7.17. The summed E-state index contributed by atoms with van der Waals surface area (Å²) in [6.45, 7) is 3.50. The van der Waals surface area contributed by atoms with Crippen LogP contribution in [0.3, 0.4) is 0 Å². The highest BCUT2D eigenvalue weighted by Gasteiger charge is 2.42. The number of carbonyl (C=O) groups excluding carboxylic acids is 1. The maximum absolute atomic E-state index is 12.7. The second-order valence-corrected chi connectivity index (χ2v) is 9.24.